The van der Waals surface area contributed by atoms with E-state index in [2.05, 4.69) is 10.1 Å². The van der Waals surface area contributed by atoms with Gasteiger partial charge in [0.1, 0.15) is 4.21 Å². The number of nitrogens with one attached hydrogen (secondary N) is 2. The average molecular weight is 308 g/mol. The van der Waals surface area contributed by atoms with Gasteiger partial charge in [0, 0.05) is 12.6 Å². The maximum Gasteiger partial charge on any atom is 0.306 e. The first-order valence-electron chi connectivity index (χ1n) is 5.56. The van der Waals surface area contributed by atoms with Gasteiger partial charge in [-0.25, -0.2) is 19.0 Å². The highest BCUT2D eigenvalue weighted by atomic mass is 32.2. The number of nitrogens with zero attached hydrogens (tertiary/aromatic N) is 1. The zero-order chi connectivity index (χ0) is 14.6. The lowest BCUT2D eigenvalue weighted by atomic mass is 10.1. The Morgan fingerprint density at radius 1 is 1.58 bits per heavy atom. The molecule has 0 saturated heterocycles. The second kappa shape index (κ2) is 6.28. The van der Waals surface area contributed by atoms with E-state index in [9.17, 15) is 18.5 Å². The molecule has 0 amide bonds. The van der Waals surface area contributed by atoms with Gasteiger partial charge in [0.2, 0.25) is 10.0 Å². The summed E-state index contributed by atoms with van der Waals surface area (Å²) in [6, 6.07) is 0.999. The van der Waals surface area contributed by atoms with Crippen molar-refractivity contribution in [2.45, 2.75) is 24.5 Å². The van der Waals surface area contributed by atoms with Crippen LogP contribution in [0.1, 0.15) is 20.3 Å². The van der Waals surface area contributed by atoms with Gasteiger partial charge < -0.3 is 5.43 Å². The molecular weight excluding hydrogens is 292 g/mol. The average Bonchev–Trinajstić information content (AvgIpc) is 2.81. The summed E-state index contributed by atoms with van der Waals surface area (Å²) < 4.78 is 26.2. The maximum absolute atomic E-state index is 12.0. The Labute approximate surface area is 115 Å². The maximum atomic E-state index is 12.0. The zero-order valence-electron chi connectivity index (χ0n) is 10.5. The summed E-state index contributed by atoms with van der Waals surface area (Å²) in [6.07, 6.45) is 0.836. The first kappa shape index (κ1) is 15.8. The molecular formula is C9H16N4O4S2. The van der Waals surface area contributed by atoms with E-state index in [0.717, 1.165) is 23.8 Å². The highest BCUT2D eigenvalue weighted by molar-refractivity contribution is 7.91. The van der Waals surface area contributed by atoms with Crippen LogP contribution in [0, 0.1) is 16.0 Å². The topological polar surface area (TPSA) is 127 Å². The Balaban J connectivity index is 2.99. The van der Waals surface area contributed by atoms with E-state index in [1.807, 2.05) is 13.8 Å². The van der Waals surface area contributed by atoms with Crippen molar-refractivity contribution >= 4 is 32.0 Å². The smallest absolute Gasteiger partial charge is 0.306 e. The van der Waals surface area contributed by atoms with Gasteiger partial charge in [0.15, 0.2) is 5.00 Å². The molecule has 0 radical (unpaired) electrons. The SMILES string of the molecule is CCC(C)CNS(=O)(=O)c1cc([N+](=O)[O-])c(NN)s1. The van der Waals surface area contributed by atoms with Crippen LogP contribution in [-0.4, -0.2) is 19.9 Å². The Bertz CT molecular complexity index is 555. The number of hydrogen-bond donors (Lipinski definition) is 3. The molecule has 8 nitrogen and oxygen atoms in total. The number of nitro groups is 1. The summed E-state index contributed by atoms with van der Waals surface area (Å²) >= 11 is 0.726. The van der Waals surface area contributed by atoms with E-state index in [0.29, 0.717) is 0 Å². The van der Waals surface area contributed by atoms with E-state index in [1.54, 1.807) is 0 Å². The fourth-order valence-electron chi connectivity index (χ4n) is 1.20. The Kier molecular flexibility index (Phi) is 5.23. The molecule has 0 aliphatic carbocycles. The van der Waals surface area contributed by atoms with Gasteiger partial charge in [0.05, 0.1) is 4.92 Å². The van der Waals surface area contributed by atoms with Crippen LogP contribution in [0.4, 0.5) is 10.7 Å². The summed E-state index contributed by atoms with van der Waals surface area (Å²) in [5.74, 6) is 5.32. The number of rotatable bonds is 7. The van der Waals surface area contributed by atoms with Crippen molar-refractivity contribution in [1.82, 2.24) is 4.72 Å². The van der Waals surface area contributed by atoms with E-state index in [-0.39, 0.29) is 27.4 Å². The van der Waals surface area contributed by atoms with Crippen LogP contribution in [0.5, 0.6) is 0 Å². The van der Waals surface area contributed by atoms with Crippen molar-refractivity contribution in [3.8, 4) is 0 Å². The summed E-state index contributed by atoms with van der Waals surface area (Å²) in [4.78, 5) is 10.1. The Morgan fingerprint density at radius 3 is 2.63 bits per heavy atom. The summed E-state index contributed by atoms with van der Waals surface area (Å²) in [5.41, 5.74) is 1.78. The number of hydrogen-bond acceptors (Lipinski definition) is 7. The number of nitrogens with two attached hydrogens (primary N) is 1. The number of thiophene rings is 1. The molecule has 1 heterocycles. The fourth-order valence-corrected chi connectivity index (χ4v) is 3.65. The molecule has 0 spiro atoms. The van der Waals surface area contributed by atoms with Gasteiger partial charge in [0.25, 0.3) is 0 Å². The van der Waals surface area contributed by atoms with E-state index >= 15 is 0 Å². The quantitative estimate of drug-likeness (QED) is 0.395. The summed E-state index contributed by atoms with van der Waals surface area (Å²) in [7, 11) is -3.74. The van der Waals surface area contributed by atoms with Crippen LogP contribution in [0.2, 0.25) is 0 Å². The van der Waals surface area contributed by atoms with Gasteiger partial charge in [-0.1, -0.05) is 31.6 Å². The Morgan fingerprint density at radius 2 is 2.21 bits per heavy atom. The molecule has 1 aromatic heterocycles. The molecule has 0 saturated carbocycles. The lowest BCUT2D eigenvalue weighted by Gasteiger charge is -2.09. The molecule has 0 aliphatic rings. The van der Waals surface area contributed by atoms with E-state index in [4.69, 9.17) is 5.84 Å². The second-order valence-corrected chi connectivity index (χ2v) is 7.09. The molecule has 0 fully saturated rings. The third-order valence-electron chi connectivity index (χ3n) is 2.60. The van der Waals surface area contributed by atoms with E-state index in [1.165, 1.54) is 0 Å². The molecule has 108 valence electrons. The predicted molar refractivity (Wildman–Crippen MR) is 73.4 cm³/mol. The summed E-state index contributed by atoms with van der Waals surface area (Å²) in [6.45, 7) is 4.15. The third kappa shape index (κ3) is 3.86. The van der Waals surface area contributed by atoms with Crippen molar-refractivity contribution in [3.05, 3.63) is 16.2 Å². The molecule has 1 unspecified atom stereocenters. The number of nitrogen functional groups attached to an aromatic ring is 1. The normalized spacial score (nSPS) is 13.2. The lowest BCUT2D eigenvalue weighted by Crippen LogP contribution is -2.27. The van der Waals surface area contributed by atoms with Crippen LogP contribution >= 0.6 is 11.3 Å². The van der Waals surface area contributed by atoms with Gasteiger partial charge >= 0.3 is 5.69 Å². The standard InChI is InChI=1S/C9H16N4O4S2/c1-3-6(2)5-11-19(16,17)8-4-7(13(14)15)9(12-10)18-8/h4,6,11-12H,3,5,10H2,1-2H3. The second-order valence-electron chi connectivity index (χ2n) is 4.05. The van der Waals surface area contributed by atoms with Crippen LogP contribution in [0.25, 0.3) is 0 Å². The van der Waals surface area contributed by atoms with Crippen molar-refractivity contribution in [2.24, 2.45) is 11.8 Å². The van der Waals surface area contributed by atoms with Crippen molar-refractivity contribution in [2.75, 3.05) is 12.0 Å². The predicted octanol–water partition coefficient (Wildman–Crippen LogP) is 1.27. The lowest BCUT2D eigenvalue weighted by molar-refractivity contribution is -0.383. The highest BCUT2D eigenvalue weighted by Gasteiger charge is 2.25. The number of anilines is 1. The van der Waals surface area contributed by atoms with Gasteiger partial charge in [-0.2, -0.15) is 0 Å². The number of sulfonamides is 1. The molecule has 1 aromatic rings. The van der Waals surface area contributed by atoms with E-state index < -0.39 is 14.9 Å². The monoisotopic (exact) mass is 308 g/mol. The minimum Gasteiger partial charge on any atom is -0.310 e. The molecule has 10 heteroatoms. The first-order valence-corrected chi connectivity index (χ1v) is 7.86. The molecule has 0 aliphatic heterocycles. The molecule has 0 aromatic carbocycles. The van der Waals surface area contributed by atoms with Crippen molar-refractivity contribution in [1.29, 1.82) is 0 Å². The molecule has 1 rings (SSSR count). The molecule has 0 bridgehead atoms. The van der Waals surface area contributed by atoms with Crippen LogP contribution in [0.15, 0.2) is 10.3 Å². The minimum absolute atomic E-state index is 0.00825. The zero-order valence-corrected chi connectivity index (χ0v) is 12.2. The van der Waals surface area contributed by atoms with Crippen LogP contribution < -0.4 is 16.0 Å². The Hall–Kier alpha value is -1.23. The highest BCUT2D eigenvalue weighted by Crippen LogP contribution is 2.36. The van der Waals surface area contributed by atoms with Gasteiger partial charge in [-0.05, 0) is 5.92 Å². The minimum atomic E-state index is -3.74. The van der Waals surface area contributed by atoms with Crippen LogP contribution in [0.3, 0.4) is 0 Å². The number of hydrazine groups is 1. The van der Waals surface area contributed by atoms with Crippen molar-refractivity contribution < 1.29 is 13.3 Å². The first-order chi connectivity index (χ1) is 8.81. The van der Waals surface area contributed by atoms with Gasteiger partial charge in [-0.15, -0.1) is 0 Å². The van der Waals surface area contributed by atoms with Crippen molar-refractivity contribution in [3.63, 3.8) is 0 Å². The largest absolute Gasteiger partial charge is 0.310 e. The fraction of sp³-hybridized carbons (Fsp3) is 0.556. The third-order valence-corrected chi connectivity index (χ3v) is 5.55. The van der Waals surface area contributed by atoms with Gasteiger partial charge in [-0.3, -0.25) is 10.1 Å². The molecule has 1 atom stereocenters. The summed E-state index contributed by atoms with van der Waals surface area (Å²) in [5, 5.41) is 10.7. The van der Waals surface area contributed by atoms with Crippen LogP contribution in [-0.2, 0) is 10.0 Å². The molecule has 19 heavy (non-hydrogen) atoms. The molecule has 4 N–H and O–H groups in total.